The van der Waals surface area contributed by atoms with Crippen LogP contribution in [0.25, 0.3) is 0 Å². The molecule has 16 heavy (non-hydrogen) atoms. The molecule has 2 rings (SSSR count). The minimum atomic E-state index is 0.808. The lowest BCUT2D eigenvalue weighted by Crippen LogP contribution is -2.06. The zero-order chi connectivity index (χ0) is 11.4. The number of hydrogen-bond acceptors (Lipinski definition) is 4. The Kier molecular flexibility index (Phi) is 3.41. The Balaban J connectivity index is 1.90. The summed E-state index contributed by atoms with van der Waals surface area (Å²) in [6, 6.07) is 5.91. The van der Waals surface area contributed by atoms with Gasteiger partial charge in [-0.1, -0.05) is 0 Å². The molecule has 1 aromatic heterocycles. The van der Waals surface area contributed by atoms with Crippen LogP contribution < -0.4 is 11.1 Å². The highest BCUT2D eigenvalue weighted by molar-refractivity contribution is 7.09. The number of nitrogens with zero attached hydrogens (tertiary/aromatic N) is 1. The Labute approximate surface area is 99.3 Å². The van der Waals surface area contributed by atoms with Gasteiger partial charge in [0.2, 0.25) is 0 Å². The first kappa shape index (κ1) is 11.0. The predicted octanol–water partition coefficient (Wildman–Crippen LogP) is 2.69. The fourth-order valence-electron chi connectivity index (χ4n) is 1.57. The molecule has 0 saturated carbocycles. The molecule has 0 saturated heterocycles. The minimum absolute atomic E-state index is 0.808. The Bertz CT molecular complexity index is 451. The van der Waals surface area contributed by atoms with Crippen molar-refractivity contribution in [1.29, 1.82) is 0 Å². The first-order valence-corrected chi connectivity index (χ1v) is 6.12. The second-order valence-electron chi connectivity index (χ2n) is 3.68. The quantitative estimate of drug-likeness (QED) is 0.798. The van der Waals surface area contributed by atoms with Crippen molar-refractivity contribution in [2.24, 2.45) is 0 Å². The molecule has 0 bridgehead atoms. The molecule has 0 aliphatic rings. The maximum absolute atomic E-state index is 5.70. The van der Waals surface area contributed by atoms with Gasteiger partial charge in [0, 0.05) is 35.9 Å². The van der Waals surface area contributed by atoms with Gasteiger partial charge in [0.05, 0.1) is 5.01 Å². The highest BCUT2D eigenvalue weighted by Crippen LogP contribution is 2.17. The molecule has 0 spiro atoms. The molecule has 2 aromatic rings. The van der Waals surface area contributed by atoms with Gasteiger partial charge in [-0.05, 0) is 30.7 Å². The third-order valence-electron chi connectivity index (χ3n) is 2.39. The summed E-state index contributed by atoms with van der Waals surface area (Å²) in [4.78, 5) is 4.24. The van der Waals surface area contributed by atoms with E-state index in [2.05, 4.69) is 17.2 Å². The van der Waals surface area contributed by atoms with Gasteiger partial charge >= 0.3 is 0 Å². The zero-order valence-corrected chi connectivity index (χ0v) is 10.1. The van der Waals surface area contributed by atoms with Gasteiger partial charge in [-0.15, -0.1) is 11.3 Å². The summed E-state index contributed by atoms with van der Waals surface area (Å²) in [6.45, 7) is 2.96. The van der Waals surface area contributed by atoms with Crippen LogP contribution in [0.1, 0.15) is 10.6 Å². The Hall–Kier alpha value is -1.55. The number of nitrogens with two attached hydrogens (primary N) is 1. The van der Waals surface area contributed by atoms with Crippen LogP contribution in [-0.4, -0.2) is 11.5 Å². The molecular formula is C12H15N3S. The fraction of sp³-hybridized carbons (Fsp3) is 0.250. The molecule has 0 amide bonds. The fourth-order valence-corrected chi connectivity index (χ4v) is 2.19. The summed E-state index contributed by atoms with van der Waals surface area (Å²) in [6.07, 6.45) is 2.80. The highest BCUT2D eigenvalue weighted by Gasteiger charge is 1.99. The van der Waals surface area contributed by atoms with Crippen LogP contribution >= 0.6 is 11.3 Å². The second-order valence-corrected chi connectivity index (χ2v) is 4.66. The molecule has 1 heterocycles. The first-order valence-electron chi connectivity index (χ1n) is 5.24. The van der Waals surface area contributed by atoms with Crippen LogP contribution in [0.2, 0.25) is 0 Å². The van der Waals surface area contributed by atoms with E-state index in [4.69, 9.17) is 5.73 Å². The number of hydrogen-bond donors (Lipinski definition) is 2. The Morgan fingerprint density at radius 1 is 1.44 bits per heavy atom. The van der Waals surface area contributed by atoms with Crippen LogP contribution in [0.3, 0.4) is 0 Å². The number of anilines is 2. The number of aromatic nitrogens is 1. The van der Waals surface area contributed by atoms with Crippen molar-refractivity contribution in [1.82, 2.24) is 4.98 Å². The van der Waals surface area contributed by atoms with Gasteiger partial charge in [-0.3, -0.25) is 0 Å². The van der Waals surface area contributed by atoms with Crippen molar-refractivity contribution in [3.05, 3.63) is 40.3 Å². The molecule has 4 heteroatoms. The molecule has 0 fully saturated rings. The second kappa shape index (κ2) is 4.99. The number of nitrogen functional groups attached to an aromatic ring is 1. The van der Waals surface area contributed by atoms with Crippen LogP contribution in [-0.2, 0) is 6.42 Å². The van der Waals surface area contributed by atoms with E-state index in [0.29, 0.717) is 0 Å². The van der Waals surface area contributed by atoms with Crippen molar-refractivity contribution in [3.8, 4) is 0 Å². The van der Waals surface area contributed by atoms with E-state index in [-0.39, 0.29) is 0 Å². The van der Waals surface area contributed by atoms with Crippen molar-refractivity contribution < 1.29 is 0 Å². The van der Waals surface area contributed by atoms with Gasteiger partial charge in [-0.25, -0.2) is 4.98 Å². The van der Waals surface area contributed by atoms with Crippen LogP contribution in [0.15, 0.2) is 29.8 Å². The van der Waals surface area contributed by atoms with Crippen LogP contribution in [0.4, 0.5) is 11.4 Å². The zero-order valence-electron chi connectivity index (χ0n) is 9.23. The molecular weight excluding hydrogens is 218 g/mol. The molecule has 0 atom stereocenters. The largest absolute Gasteiger partial charge is 0.399 e. The smallest absolute Gasteiger partial charge is 0.0942 e. The molecule has 0 radical (unpaired) electrons. The van der Waals surface area contributed by atoms with E-state index >= 15 is 0 Å². The molecule has 0 aliphatic heterocycles. The van der Waals surface area contributed by atoms with Gasteiger partial charge in [0.15, 0.2) is 0 Å². The number of nitrogens with one attached hydrogen (secondary N) is 1. The summed E-state index contributed by atoms with van der Waals surface area (Å²) in [7, 11) is 0. The van der Waals surface area contributed by atoms with Crippen LogP contribution in [0, 0.1) is 6.92 Å². The number of thiazole rings is 1. The average Bonchev–Trinajstić information content (AvgIpc) is 2.74. The van der Waals surface area contributed by atoms with Crippen molar-refractivity contribution in [2.45, 2.75) is 13.3 Å². The SMILES string of the molecule is Cc1cc(N)ccc1NCCc1nccs1. The number of aryl methyl sites for hydroxylation is 1. The molecule has 0 unspecified atom stereocenters. The standard InChI is InChI=1S/C12H15N3S/c1-9-8-10(13)2-3-11(9)14-5-4-12-15-6-7-16-12/h2-3,6-8,14H,4-5,13H2,1H3. The lowest BCUT2D eigenvalue weighted by molar-refractivity contribution is 0.996. The molecule has 3 nitrogen and oxygen atoms in total. The lowest BCUT2D eigenvalue weighted by Gasteiger charge is -2.09. The van der Waals surface area contributed by atoms with Gasteiger partial charge in [-0.2, -0.15) is 0 Å². The maximum Gasteiger partial charge on any atom is 0.0942 e. The number of benzene rings is 1. The Morgan fingerprint density at radius 3 is 3.00 bits per heavy atom. The monoisotopic (exact) mass is 233 g/mol. The third kappa shape index (κ3) is 2.73. The van der Waals surface area contributed by atoms with Crippen molar-refractivity contribution in [2.75, 3.05) is 17.6 Å². The number of rotatable bonds is 4. The van der Waals surface area contributed by atoms with E-state index in [0.717, 1.165) is 24.3 Å². The lowest BCUT2D eigenvalue weighted by atomic mass is 10.2. The van der Waals surface area contributed by atoms with Crippen LogP contribution in [0.5, 0.6) is 0 Å². The van der Waals surface area contributed by atoms with Gasteiger partial charge in [0.25, 0.3) is 0 Å². The topological polar surface area (TPSA) is 50.9 Å². The van der Waals surface area contributed by atoms with E-state index in [9.17, 15) is 0 Å². The summed E-state index contributed by atoms with van der Waals surface area (Å²) in [5.74, 6) is 0. The predicted molar refractivity (Wildman–Crippen MR) is 69.9 cm³/mol. The molecule has 84 valence electrons. The van der Waals surface area contributed by atoms with Crippen molar-refractivity contribution >= 4 is 22.7 Å². The third-order valence-corrected chi connectivity index (χ3v) is 3.23. The summed E-state index contributed by atoms with van der Waals surface area (Å²) in [5.41, 5.74) is 8.83. The van der Waals surface area contributed by atoms with Gasteiger partial charge in [0.1, 0.15) is 0 Å². The Morgan fingerprint density at radius 2 is 2.31 bits per heavy atom. The first-order chi connectivity index (χ1) is 7.75. The minimum Gasteiger partial charge on any atom is -0.399 e. The summed E-state index contributed by atoms with van der Waals surface area (Å²) >= 11 is 1.69. The van der Waals surface area contributed by atoms with E-state index < -0.39 is 0 Å². The average molecular weight is 233 g/mol. The molecule has 3 N–H and O–H groups in total. The van der Waals surface area contributed by atoms with E-state index in [1.807, 2.05) is 29.8 Å². The van der Waals surface area contributed by atoms with E-state index in [1.165, 1.54) is 10.6 Å². The summed E-state index contributed by atoms with van der Waals surface area (Å²) in [5, 5.41) is 6.56. The maximum atomic E-state index is 5.70. The summed E-state index contributed by atoms with van der Waals surface area (Å²) < 4.78 is 0. The van der Waals surface area contributed by atoms with Crippen molar-refractivity contribution in [3.63, 3.8) is 0 Å². The molecule has 1 aromatic carbocycles. The normalized spacial score (nSPS) is 10.3. The van der Waals surface area contributed by atoms with E-state index in [1.54, 1.807) is 11.3 Å². The van der Waals surface area contributed by atoms with Gasteiger partial charge < -0.3 is 11.1 Å². The highest BCUT2D eigenvalue weighted by atomic mass is 32.1. The molecule has 0 aliphatic carbocycles.